The van der Waals surface area contributed by atoms with Crippen LogP contribution in [0.1, 0.15) is 15.5 Å². The van der Waals surface area contributed by atoms with Crippen molar-refractivity contribution in [2.45, 2.75) is 13.0 Å². The van der Waals surface area contributed by atoms with Crippen LogP contribution >= 0.6 is 11.3 Å². The summed E-state index contributed by atoms with van der Waals surface area (Å²) in [6.07, 6.45) is 0. The topological polar surface area (TPSA) is 75.2 Å². The van der Waals surface area contributed by atoms with E-state index in [1.165, 1.54) is 11.3 Å². The zero-order chi connectivity index (χ0) is 19.6. The number of amides is 2. The Kier molecular flexibility index (Phi) is 6.15. The highest BCUT2D eigenvalue weighted by Gasteiger charge is 2.52. The Morgan fingerprint density at radius 3 is 2.89 bits per heavy atom. The van der Waals surface area contributed by atoms with E-state index in [2.05, 4.69) is 9.88 Å². The molecule has 3 rings (SSSR count). The van der Waals surface area contributed by atoms with Crippen LogP contribution in [-0.4, -0.2) is 105 Å². The molecule has 0 aliphatic carbocycles. The molecular weight excluding hydrogens is 368 g/mol. The molecule has 0 bridgehead atoms. The van der Waals surface area contributed by atoms with Crippen molar-refractivity contribution < 1.29 is 19.1 Å². The number of methoxy groups -OCH3 is 1. The molecule has 2 aliphatic rings. The molecule has 1 spiro atoms. The molecule has 150 valence electrons. The number of rotatable bonds is 5. The fourth-order valence-electron chi connectivity index (χ4n) is 4.09. The number of carbonyl (C=O) groups excluding carboxylic acids is 2. The number of carbonyl (C=O) groups is 2. The van der Waals surface area contributed by atoms with Crippen LogP contribution in [0.3, 0.4) is 0 Å². The molecule has 0 saturated carbocycles. The zero-order valence-corrected chi connectivity index (χ0v) is 17.3. The lowest BCUT2D eigenvalue weighted by molar-refractivity contribution is -0.134. The Hall–Kier alpha value is -1.55. The molecule has 0 unspecified atom stereocenters. The summed E-state index contributed by atoms with van der Waals surface area (Å²) in [6, 6.07) is 0.0946. The maximum Gasteiger partial charge on any atom is 0.273 e. The summed E-state index contributed by atoms with van der Waals surface area (Å²) in [5.41, 5.74) is 0.165. The van der Waals surface area contributed by atoms with Crippen molar-refractivity contribution in [1.29, 1.82) is 0 Å². The van der Waals surface area contributed by atoms with Gasteiger partial charge in [0.1, 0.15) is 12.3 Å². The van der Waals surface area contributed by atoms with Crippen molar-refractivity contribution in [3.05, 3.63) is 16.1 Å². The van der Waals surface area contributed by atoms with Gasteiger partial charge in [-0.2, -0.15) is 0 Å². The van der Waals surface area contributed by atoms with Gasteiger partial charge in [0, 0.05) is 50.1 Å². The number of nitrogens with zero attached hydrogens (tertiary/aromatic N) is 4. The van der Waals surface area contributed by atoms with Gasteiger partial charge in [-0.15, -0.1) is 11.3 Å². The highest BCUT2D eigenvalue weighted by atomic mass is 32.1. The third-order valence-corrected chi connectivity index (χ3v) is 6.17. The summed E-state index contributed by atoms with van der Waals surface area (Å²) in [5, 5.41) is 2.69. The number of aromatic nitrogens is 1. The van der Waals surface area contributed by atoms with Gasteiger partial charge in [-0.05, 0) is 21.0 Å². The second-order valence-electron chi connectivity index (χ2n) is 7.58. The maximum atomic E-state index is 13.0. The minimum atomic E-state index is -0.329. The highest BCUT2D eigenvalue weighted by molar-refractivity contribution is 7.09. The fraction of sp³-hybridized carbons (Fsp3) is 0.722. The van der Waals surface area contributed by atoms with E-state index in [1.54, 1.807) is 7.11 Å². The van der Waals surface area contributed by atoms with Crippen molar-refractivity contribution in [3.63, 3.8) is 0 Å². The van der Waals surface area contributed by atoms with Crippen LogP contribution in [0.25, 0.3) is 0 Å². The van der Waals surface area contributed by atoms with Crippen molar-refractivity contribution in [2.24, 2.45) is 5.41 Å². The zero-order valence-electron chi connectivity index (χ0n) is 16.4. The number of hydrogen-bond donors (Lipinski definition) is 0. The van der Waals surface area contributed by atoms with E-state index < -0.39 is 0 Å². The Labute approximate surface area is 164 Å². The Morgan fingerprint density at radius 1 is 1.48 bits per heavy atom. The third kappa shape index (κ3) is 4.16. The van der Waals surface area contributed by atoms with E-state index in [1.807, 2.05) is 36.2 Å². The lowest BCUT2D eigenvalue weighted by Crippen LogP contribution is -2.52. The van der Waals surface area contributed by atoms with Crippen LogP contribution in [0.2, 0.25) is 0 Å². The summed E-state index contributed by atoms with van der Waals surface area (Å²) in [4.78, 5) is 35.5. The molecule has 2 fully saturated rings. The van der Waals surface area contributed by atoms with Crippen LogP contribution in [0.4, 0.5) is 0 Å². The van der Waals surface area contributed by atoms with Crippen molar-refractivity contribution in [2.75, 3.05) is 67.2 Å². The molecule has 0 aromatic carbocycles. The summed E-state index contributed by atoms with van der Waals surface area (Å²) < 4.78 is 10.9. The maximum absolute atomic E-state index is 13.0. The van der Waals surface area contributed by atoms with E-state index in [-0.39, 0.29) is 29.9 Å². The highest BCUT2D eigenvalue weighted by Crippen LogP contribution is 2.37. The number of likely N-dealkylation sites (tertiary alicyclic amines) is 1. The lowest BCUT2D eigenvalue weighted by atomic mass is 9.82. The first-order valence-corrected chi connectivity index (χ1v) is 9.96. The Bertz CT molecular complexity index is 695. The minimum absolute atomic E-state index is 0.0265. The molecular formula is C18H28N4O4S. The van der Waals surface area contributed by atoms with Crippen LogP contribution in [0.15, 0.2) is 5.38 Å². The number of thiazole rings is 1. The van der Waals surface area contributed by atoms with Crippen molar-refractivity contribution >= 4 is 23.2 Å². The quantitative estimate of drug-likeness (QED) is 0.714. The van der Waals surface area contributed by atoms with Gasteiger partial charge in [0.05, 0.1) is 18.2 Å². The largest absolute Gasteiger partial charge is 0.383 e. The predicted octanol–water partition coefficient (Wildman–Crippen LogP) is 0.329. The second kappa shape index (κ2) is 8.22. The molecule has 0 N–H and O–H groups in total. The van der Waals surface area contributed by atoms with Gasteiger partial charge < -0.3 is 24.2 Å². The van der Waals surface area contributed by atoms with Gasteiger partial charge in [-0.3, -0.25) is 9.59 Å². The Balaban J connectivity index is 1.84. The molecule has 2 atom stereocenters. The van der Waals surface area contributed by atoms with Gasteiger partial charge in [0.2, 0.25) is 5.91 Å². The molecule has 3 heterocycles. The number of aryl methyl sites for hydroxylation is 1. The molecule has 1 aromatic rings. The molecule has 2 saturated heterocycles. The van der Waals surface area contributed by atoms with Gasteiger partial charge in [-0.1, -0.05) is 0 Å². The monoisotopic (exact) mass is 396 g/mol. The van der Waals surface area contributed by atoms with Gasteiger partial charge in [0.25, 0.3) is 5.91 Å². The normalized spacial score (nSPS) is 26.3. The van der Waals surface area contributed by atoms with Crippen molar-refractivity contribution in [1.82, 2.24) is 19.7 Å². The molecule has 1 aromatic heterocycles. The van der Waals surface area contributed by atoms with Gasteiger partial charge >= 0.3 is 0 Å². The molecule has 9 heteroatoms. The Morgan fingerprint density at radius 2 is 2.26 bits per heavy atom. The summed E-state index contributed by atoms with van der Waals surface area (Å²) in [7, 11) is 5.65. The van der Waals surface area contributed by atoms with Crippen LogP contribution < -0.4 is 0 Å². The molecule has 2 amide bonds. The van der Waals surface area contributed by atoms with E-state index in [0.717, 1.165) is 5.01 Å². The molecule has 2 aliphatic heterocycles. The van der Waals surface area contributed by atoms with Gasteiger partial charge in [0.15, 0.2) is 0 Å². The number of likely N-dealkylation sites (N-methyl/N-ethyl adjacent to an activating group) is 1. The van der Waals surface area contributed by atoms with Crippen LogP contribution in [0, 0.1) is 12.3 Å². The van der Waals surface area contributed by atoms with E-state index in [9.17, 15) is 9.59 Å². The number of ether oxygens (including phenoxy) is 2. The SMILES string of the molecule is COCCN1C[C@]2(COCC1=O)CN(C(=O)c1csc(C)n1)C[C@H]2N(C)C. The molecule has 0 radical (unpaired) electrons. The van der Waals surface area contributed by atoms with Crippen LogP contribution in [0.5, 0.6) is 0 Å². The summed E-state index contributed by atoms with van der Waals surface area (Å²) >= 11 is 1.48. The van der Waals surface area contributed by atoms with E-state index in [4.69, 9.17) is 9.47 Å². The third-order valence-electron chi connectivity index (χ3n) is 5.39. The smallest absolute Gasteiger partial charge is 0.273 e. The summed E-state index contributed by atoms with van der Waals surface area (Å²) in [6.45, 7) is 5.12. The first-order valence-electron chi connectivity index (χ1n) is 9.08. The average Bonchev–Trinajstić information content (AvgIpc) is 3.18. The first kappa shape index (κ1) is 20.2. The molecule has 27 heavy (non-hydrogen) atoms. The minimum Gasteiger partial charge on any atom is -0.383 e. The summed E-state index contributed by atoms with van der Waals surface area (Å²) in [5.74, 6) is -0.0802. The lowest BCUT2D eigenvalue weighted by Gasteiger charge is -2.38. The first-order chi connectivity index (χ1) is 12.9. The number of hydrogen-bond acceptors (Lipinski definition) is 7. The van der Waals surface area contributed by atoms with E-state index >= 15 is 0 Å². The fourth-order valence-corrected chi connectivity index (χ4v) is 4.68. The standard InChI is InChI=1S/C18H28N4O4S/c1-13-19-14(9-27-13)17(24)22-7-15(20(2)3)18(11-22)10-21(5-6-25-4)16(23)8-26-12-18/h9,15H,5-8,10-12H2,1-4H3/t15-,18-/m1/s1. The van der Waals surface area contributed by atoms with Crippen LogP contribution in [-0.2, 0) is 14.3 Å². The molecule has 8 nitrogen and oxygen atoms in total. The average molecular weight is 397 g/mol. The van der Waals surface area contributed by atoms with E-state index in [0.29, 0.717) is 45.1 Å². The predicted molar refractivity (Wildman–Crippen MR) is 102 cm³/mol. The second-order valence-corrected chi connectivity index (χ2v) is 8.64. The van der Waals surface area contributed by atoms with Crippen molar-refractivity contribution in [3.8, 4) is 0 Å². The van der Waals surface area contributed by atoms with Gasteiger partial charge in [-0.25, -0.2) is 4.98 Å².